The molecule has 0 saturated heterocycles. The maximum atomic E-state index is 11.4. The molecule has 0 aliphatic heterocycles. The highest BCUT2D eigenvalue weighted by atomic mass is 32.2. The van der Waals surface area contributed by atoms with E-state index in [1.165, 1.54) is 11.8 Å². The van der Waals surface area contributed by atoms with Gasteiger partial charge in [0, 0.05) is 17.5 Å². The predicted molar refractivity (Wildman–Crippen MR) is 72.1 cm³/mol. The molecule has 3 nitrogen and oxygen atoms in total. The van der Waals surface area contributed by atoms with Crippen LogP contribution in [0.5, 0.6) is 5.75 Å². The highest BCUT2D eigenvalue weighted by Crippen LogP contribution is 2.33. The molecular weight excluding hydrogens is 246 g/mol. The standard InChI is InChI=1S/C14H13NO2S/c1-15-14(17)10-6-8-11(9-7-10)18-13-5-3-2-4-12(13)16/h2-9,16H,1H3,(H,15,17). The Morgan fingerprint density at radius 1 is 1.11 bits per heavy atom. The van der Waals surface area contributed by atoms with Crippen molar-refractivity contribution in [3.63, 3.8) is 0 Å². The molecule has 2 aromatic rings. The van der Waals surface area contributed by atoms with Crippen LogP contribution in [-0.2, 0) is 0 Å². The van der Waals surface area contributed by atoms with Gasteiger partial charge in [-0.3, -0.25) is 4.79 Å². The Morgan fingerprint density at radius 2 is 1.78 bits per heavy atom. The van der Waals surface area contributed by atoms with E-state index in [1.807, 2.05) is 24.3 Å². The third-order valence-electron chi connectivity index (χ3n) is 2.44. The number of hydrogen-bond acceptors (Lipinski definition) is 3. The number of nitrogens with one attached hydrogen (secondary N) is 1. The van der Waals surface area contributed by atoms with Crippen molar-refractivity contribution in [1.82, 2.24) is 5.32 Å². The molecule has 2 rings (SSSR count). The highest BCUT2D eigenvalue weighted by Gasteiger charge is 2.05. The molecular formula is C14H13NO2S. The molecule has 2 aromatic carbocycles. The monoisotopic (exact) mass is 259 g/mol. The number of aromatic hydroxyl groups is 1. The first kappa shape index (κ1) is 12.5. The van der Waals surface area contributed by atoms with Crippen molar-refractivity contribution in [2.45, 2.75) is 9.79 Å². The fourth-order valence-electron chi connectivity index (χ4n) is 1.49. The van der Waals surface area contributed by atoms with Crippen LogP contribution in [0.2, 0.25) is 0 Å². The number of phenols is 1. The maximum absolute atomic E-state index is 11.4. The van der Waals surface area contributed by atoms with Crippen molar-refractivity contribution in [1.29, 1.82) is 0 Å². The minimum absolute atomic E-state index is 0.103. The summed E-state index contributed by atoms with van der Waals surface area (Å²) < 4.78 is 0. The van der Waals surface area contributed by atoms with Gasteiger partial charge in [0.15, 0.2) is 0 Å². The summed E-state index contributed by atoms with van der Waals surface area (Å²) in [6.07, 6.45) is 0. The minimum Gasteiger partial charge on any atom is -0.507 e. The Balaban J connectivity index is 2.16. The zero-order valence-electron chi connectivity index (χ0n) is 9.88. The van der Waals surface area contributed by atoms with E-state index in [-0.39, 0.29) is 11.7 Å². The number of carbonyl (C=O) groups excluding carboxylic acids is 1. The Bertz CT molecular complexity index is 552. The average molecular weight is 259 g/mol. The molecule has 0 aliphatic rings. The number of carbonyl (C=O) groups is 1. The summed E-state index contributed by atoms with van der Waals surface area (Å²) in [7, 11) is 1.60. The lowest BCUT2D eigenvalue weighted by Crippen LogP contribution is -2.17. The SMILES string of the molecule is CNC(=O)c1ccc(Sc2ccccc2O)cc1. The van der Waals surface area contributed by atoms with E-state index in [0.29, 0.717) is 5.56 Å². The highest BCUT2D eigenvalue weighted by molar-refractivity contribution is 7.99. The molecule has 0 heterocycles. The van der Waals surface area contributed by atoms with Crippen LogP contribution in [0.1, 0.15) is 10.4 Å². The van der Waals surface area contributed by atoms with Crippen molar-refractivity contribution in [2.75, 3.05) is 7.05 Å². The molecule has 0 saturated carbocycles. The maximum Gasteiger partial charge on any atom is 0.251 e. The van der Waals surface area contributed by atoms with Crippen LogP contribution < -0.4 is 5.32 Å². The minimum atomic E-state index is -0.103. The van der Waals surface area contributed by atoms with Gasteiger partial charge in [0.2, 0.25) is 0 Å². The van der Waals surface area contributed by atoms with Crippen molar-refractivity contribution in [2.24, 2.45) is 0 Å². The smallest absolute Gasteiger partial charge is 0.251 e. The lowest BCUT2D eigenvalue weighted by atomic mass is 10.2. The lowest BCUT2D eigenvalue weighted by molar-refractivity contribution is 0.0963. The Morgan fingerprint density at radius 3 is 2.39 bits per heavy atom. The van der Waals surface area contributed by atoms with E-state index in [2.05, 4.69) is 5.32 Å². The zero-order chi connectivity index (χ0) is 13.0. The molecule has 0 aliphatic carbocycles. The molecule has 2 N–H and O–H groups in total. The molecule has 0 aromatic heterocycles. The van der Waals surface area contributed by atoms with Gasteiger partial charge in [-0.2, -0.15) is 0 Å². The molecule has 0 atom stereocenters. The van der Waals surface area contributed by atoms with Gasteiger partial charge < -0.3 is 10.4 Å². The number of hydrogen-bond donors (Lipinski definition) is 2. The van der Waals surface area contributed by atoms with Crippen LogP contribution in [0, 0.1) is 0 Å². The van der Waals surface area contributed by atoms with Crippen LogP contribution in [0.4, 0.5) is 0 Å². The van der Waals surface area contributed by atoms with Crippen molar-refractivity contribution >= 4 is 17.7 Å². The molecule has 18 heavy (non-hydrogen) atoms. The van der Waals surface area contributed by atoms with Gasteiger partial charge in [-0.1, -0.05) is 23.9 Å². The Kier molecular flexibility index (Phi) is 3.89. The first-order valence-electron chi connectivity index (χ1n) is 5.48. The van der Waals surface area contributed by atoms with E-state index in [9.17, 15) is 9.90 Å². The predicted octanol–water partition coefficient (Wildman–Crippen LogP) is 2.90. The third kappa shape index (κ3) is 2.84. The van der Waals surface area contributed by atoms with E-state index in [0.717, 1.165) is 9.79 Å². The van der Waals surface area contributed by atoms with Gasteiger partial charge in [0.1, 0.15) is 5.75 Å². The van der Waals surface area contributed by atoms with Crippen LogP contribution in [0.15, 0.2) is 58.3 Å². The number of amides is 1. The molecule has 1 amide bonds. The summed E-state index contributed by atoms with van der Waals surface area (Å²) in [5.74, 6) is 0.159. The normalized spacial score (nSPS) is 10.1. The van der Waals surface area contributed by atoms with Crippen LogP contribution in [-0.4, -0.2) is 18.1 Å². The van der Waals surface area contributed by atoms with Gasteiger partial charge in [-0.05, 0) is 36.4 Å². The number of rotatable bonds is 3. The van der Waals surface area contributed by atoms with E-state index >= 15 is 0 Å². The summed E-state index contributed by atoms with van der Waals surface area (Å²) in [5, 5.41) is 12.2. The molecule has 0 unspecified atom stereocenters. The molecule has 0 fully saturated rings. The first-order chi connectivity index (χ1) is 8.70. The molecule has 0 radical (unpaired) electrons. The van der Waals surface area contributed by atoms with Crippen molar-refractivity contribution in [3.05, 3.63) is 54.1 Å². The average Bonchev–Trinajstić information content (AvgIpc) is 2.41. The Hall–Kier alpha value is -1.94. The molecule has 0 bridgehead atoms. The number of benzene rings is 2. The fourth-order valence-corrected chi connectivity index (χ4v) is 2.33. The Labute approximate surface area is 110 Å². The molecule has 0 spiro atoms. The van der Waals surface area contributed by atoms with Gasteiger partial charge in [0.05, 0.1) is 4.90 Å². The zero-order valence-corrected chi connectivity index (χ0v) is 10.7. The number of phenolic OH excluding ortho intramolecular Hbond substituents is 1. The van der Waals surface area contributed by atoms with E-state index in [4.69, 9.17) is 0 Å². The van der Waals surface area contributed by atoms with Crippen molar-refractivity contribution < 1.29 is 9.90 Å². The topological polar surface area (TPSA) is 49.3 Å². The third-order valence-corrected chi connectivity index (χ3v) is 3.51. The van der Waals surface area contributed by atoms with E-state index < -0.39 is 0 Å². The quantitative estimate of drug-likeness (QED) is 0.891. The molecule has 92 valence electrons. The van der Waals surface area contributed by atoms with E-state index in [1.54, 1.807) is 31.3 Å². The van der Waals surface area contributed by atoms with Crippen LogP contribution >= 0.6 is 11.8 Å². The van der Waals surface area contributed by atoms with Gasteiger partial charge in [0.25, 0.3) is 5.91 Å². The summed E-state index contributed by atoms with van der Waals surface area (Å²) in [5.41, 5.74) is 0.624. The van der Waals surface area contributed by atoms with Gasteiger partial charge in [-0.15, -0.1) is 0 Å². The fraction of sp³-hybridized carbons (Fsp3) is 0.0714. The van der Waals surface area contributed by atoms with Crippen LogP contribution in [0.3, 0.4) is 0 Å². The first-order valence-corrected chi connectivity index (χ1v) is 6.30. The second-order valence-corrected chi connectivity index (χ2v) is 4.79. The second kappa shape index (κ2) is 5.60. The summed E-state index contributed by atoms with van der Waals surface area (Å²) in [4.78, 5) is 13.2. The molecule has 4 heteroatoms. The van der Waals surface area contributed by atoms with Gasteiger partial charge in [-0.25, -0.2) is 0 Å². The summed E-state index contributed by atoms with van der Waals surface area (Å²) in [6, 6.07) is 14.4. The van der Waals surface area contributed by atoms with Crippen molar-refractivity contribution in [3.8, 4) is 5.75 Å². The van der Waals surface area contributed by atoms with Crippen LogP contribution in [0.25, 0.3) is 0 Å². The number of para-hydroxylation sites is 1. The largest absolute Gasteiger partial charge is 0.507 e. The lowest BCUT2D eigenvalue weighted by Gasteiger charge is -2.05. The summed E-state index contributed by atoms with van der Waals surface area (Å²) >= 11 is 1.46. The summed E-state index contributed by atoms with van der Waals surface area (Å²) in [6.45, 7) is 0. The van der Waals surface area contributed by atoms with Gasteiger partial charge >= 0.3 is 0 Å². The second-order valence-electron chi connectivity index (χ2n) is 3.67.